The molecular formula is C16H18FNO4S. The van der Waals surface area contributed by atoms with Gasteiger partial charge in [0, 0.05) is 6.07 Å². The molecule has 2 aromatic rings. The van der Waals surface area contributed by atoms with Crippen LogP contribution in [0.15, 0.2) is 47.4 Å². The monoisotopic (exact) mass is 339 g/mol. The summed E-state index contributed by atoms with van der Waals surface area (Å²) in [4.78, 5) is 0.0600. The van der Waals surface area contributed by atoms with E-state index < -0.39 is 15.8 Å². The average molecular weight is 339 g/mol. The van der Waals surface area contributed by atoms with Gasteiger partial charge in [-0.3, -0.25) is 4.72 Å². The van der Waals surface area contributed by atoms with E-state index in [1.165, 1.54) is 31.4 Å². The molecule has 7 heteroatoms. The normalized spacial score (nSPS) is 11.3. The lowest BCUT2D eigenvalue weighted by molar-refractivity contribution is 0.242. The van der Waals surface area contributed by atoms with Crippen molar-refractivity contribution in [1.82, 2.24) is 0 Å². The molecule has 0 atom stereocenters. The van der Waals surface area contributed by atoms with Gasteiger partial charge in [0.15, 0.2) is 11.6 Å². The Labute approximate surface area is 135 Å². The lowest BCUT2D eigenvalue weighted by Crippen LogP contribution is -2.13. The molecule has 0 radical (unpaired) electrons. The third-order valence-electron chi connectivity index (χ3n) is 2.91. The summed E-state index contributed by atoms with van der Waals surface area (Å²) < 4.78 is 50.8. The maximum absolute atomic E-state index is 13.6. The smallest absolute Gasteiger partial charge is 0.261 e. The van der Waals surface area contributed by atoms with Crippen molar-refractivity contribution in [3.8, 4) is 11.5 Å². The maximum Gasteiger partial charge on any atom is 0.261 e. The molecule has 0 unspecified atom stereocenters. The Balaban J connectivity index is 2.20. The second-order valence-electron chi connectivity index (χ2n) is 5.09. The third kappa shape index (κ3) is 4.35. The molecule has 0 amide bonds. The molecule has 0 saturated heterocycles. The molecule has 0 aromatic heterocycles. The van der Waals surface area contributed by atoms with Crippen LogP contribution in [-0.2, 0) is 10.0 Å². The van der Waals surface area contributed by atoms with Crippen molar-refractivity contribution in [3.63, 3.8) is 0 Å². The Hall–Kier alpha value is -2.28. The Bertz CT molecular complexity index is 773. The van der Waals surface area contributed by atoms with E-state index in [1.54, 1.807) is 12.1 Å². The van der Waals surface area contributed by atoms with E-state index in [1.807, 2.05) is 13.8 Å². The Morgan fingerprint density at radius 2 is 1.74 bits per heavy atom. The van der Waals surface area contributed by atoms with Gasteiger partial charge in [0.05, 0.1) is 23.8 Å². The Kier molecular flexibility index (Phi) is 5.10. The van der Waals surface area contributed by atoms with Crippen LogP contribution in [0.1, 0.15) is 13.8 Å². The highest BCUT2D eigenvalue weighted by Gasteiger charge is 2.15. The topological polar surface area (TPSA) is 64.6 Å². The molecule has 5 nitrogen and oxygen atoms in total. The molecule has 0 spiro atoms. The van der Waals surface area contributed by atoms with E-state index in [0.717, 1.165) is 6.07 Å². The molecule has 0 fully saturated rings. The molecule has 1 N–H and O–H groups in total. The summed E-state index contributed by atoms with van der Waals surface area (Å²) in [5, 5.41) is 0. The van der Waals surface area contributed by atoms with Gasteiger partial charge in [0.2, 0.25) is 0 Å². The standard InChI is InChI=1S/C16H18FNO4S/c1-11(2)22-13-5-7-14(8-6-13)23(19,20)18-12-4-9-16(21-3)15(17)10-12/h4-11,18H,1-3H3. The van der Waals surface area contributed by atoms with Crippen molar-refractivity contribution in [2.45, 2.75) is 24.8 Å². The van der Waals surface area contributed by atoms with Crippen LogP contribution in [0.2, 0.25) is 0 Å². The molecule has 2 aromatic carbocycles. The SMILES string of the molecule is COc1ccc(NS(=O)(=O)c2ccc(OC(C)C)cc2)cc1F. The minimum atomic E-state index is -3.81. The van der Waals surface area contributed by atoms with Crippen molar-refractivity contribution >= 4 is 15.7 Å². The van der Waals surface area contributed by atoms with Gasteiger partial charge in [0.25, 0.3) is 10.0 Å². The minimum absolute atomic E-state index is 0.00198. The molecule has 2 rings (SSSR count). The first kappa shape index (κ1) is 17.1. The zero-order chi connectivity index (χ0) is 17.0. The van der Waals surface area contributed by atoms with Crippen molar-refractivity contribution in [1.29, 1.82) is 0 Å². The molecule has 124 valence electrons. The van der Waals surface area contributed by atoms with Crippen LogP contribution < -0.4 is 14.2 Å². The number of hydrogen-bond acceptors (Lipinski definition) is 4. The van der Waals surface area contributed by atoms with Crippen LogP contribution in [0.5, 0.6) is 11.5 Å². The number of ether oxygens (including phenoxy) is 2. The van der Waals surface area contributed by atoms with E-state index in [9.17, 15) is 12.8 Å². The van der Waals surface area contributed by atoms with E-state index >= 15 is 0 Å². The predicted molar refractivity (Wildman–Crippen MR) is 86.0 cm³/mol. The quantitative estimate of drug-likeness (QED) is 0.876. The lowest BCUT2D eigenvalue weighted by atomic mass is 10.3. The second kappa shape index (κ2) is 6.87. The minimum Gasteiger partial charge on any atom is -0.494 e. The van der Waals surface area contributed by atoms with Crippen LogP contribution in [0.3, 0.4) is 0 Å². The van der Waals surface area contributed by atoms with Crippen LogP contribution in [-0.4, -0.2) is 21.6 Å². The molecule has 0 saturated carbocycles. The first-order valence-corrected chi connectivity index (χ1v) is 8.43. The van der Waals surface area contributed by atoms with Crippen LogP contribution >= 0.6 is 0 Å². The maximum atomic E-state index is 13.6. The van der Waals surface area contributed by atoms with E-state index in [4.69, 9.17) is 9.47 Å². The molecule has 0 bridgehead atoms. The van der Waals surface area contributed by atoms with Crippen molar-refractivity contribution < 1.29 is 22.3 Å². The Morgan fingerprint density at radius 3 is 2.26 bits per heavy atom. The number of nitrogens with one attached hydrogen (secondary N) is 1. The predicted octanol–water partition coefficient (Wildman–Crippen LogP) is 3.42. The highest BCUT2D eigenvalue weighted by molar-refractivity contribution is 7.92. The van der Waals surface area contributed by atoms with Crippen LogP contribution in [0.25, 0.3) is 0 Å². The summed E-state index contributed by atoms with van der Waals surface area (Å²) in [6.07, 6.45) is -0.00198. The van der Waals surface area contributed by atoms with Crippen LogP contribution in [0.4, 0.5) is 10.1 Å². The molecular weight excluding hydrogens is 321 g/mol. The molecule has 23 heavy (non-hydrogen) atoms. The fourth-order valence-electron chi connectivity index (χ4n) is 1.91. The first-order chi connectivity index (χ1) is 10.8. The van der Waals surface area contributed by atoms with Gasteiger partial charge in [-0.1, -0.05) is 0 Å². The van der Waals surface area contributed by atoms with E-state index in [2.05, 4.69) is 4.72 Å². The van der Waals surface area contributed by atoms with Crippen LogP contribution in [0, 0.1) is 5.82 Å². The number of hydrogen-bond donors (Lipinski definition) is 1. The number of anilines is 1. The Morgan fingerprint density at radius 1 is 1.09 bits per heavy atom. The number of sulfonamides is 1. The fraction of sp³-hybridized carbons (Fsp3) is 0.250. The van der Waals surface area contributed by atoms with Crippen molar-refractivity contribution in [3.05, 3.63) is 48.3 Å². The summed E-state index contributed by atoms with van der Waals surface area (Å²) in [5.74, 6) is -0.0223. The third-order valence-corrected chi connectivity index (χ3v) is 4.31. The summed E-state index contributed by atoms with van der Waals surface area (Å²) in [5.41, 5.74) is 0.116. The zero-order valence-corrected chi connectivity index (χ0v) is 13.9. The van der Waals surface area contributed by atoms with Gasteiger partial charge in [0.1, 0.15) is 5.75 Å². The lowest BCUT2D eigenvalue weighted by Gasteiger charge is -2.12. The fourth-order valence-corrected chi connectivity index (χ4v) is 2.96. The van der Waals surface area contributed by atoms with Gasteiger partial charge < -0.3 is 9.47 Å². The number of benzene rings is 2. The number of rotatable bonds is 6. The van der Waals surface area contributed by atoms with Crippen molar-refractivity contribution in [2.75, 3.05) is 11.8 Å². The largest absolute Gasteiger partial charge is 0.494 e. The molecule has 0 aliphatic carbocycles. The average Bonchev–Trinajstić information content (AvgIpc) is 2.47. The first-order valence-electron chi connectivity index (χ1n) is 6.95. The second-order valence-corrected chi connectivity index (χ2v) is 6.78. The van der Waals surface area contributed by atoms with Gasteiger partial charge in [-0.15, -0.1) is 0 Å². The molecule has 0 aliphatic heterocycles. The zero-order valence-electron chi connectivity index (χ0n) is 13.0. The number of methoxy groups -OCH3 is 1. The van der Waals surface area contributed by atoms with E-state index in [-0.39, 0.29) is 22.4 Å². The van der Waals surface area contributed by atoms with E-state index in [0.29, 0.717) is 5.75 Å². The highest BCUT2D eigenvalue weighted by atomic mass is 32.2. The van der Waals surface area contributed by atoms with Gasteiger partial charge in [-0.2, -0.15) is 0 Å². The summed E-state index contributed by atoms with van der Waals surface area (Å²) in [7, 11) is -2.47. The van der Waals surface area contributed by atoms with Crippen molar-refractivity contribution in [2.24, 2.45) is 0 Å². The number of halogens is 1. The van der Waals surface area contributed by atoms with Gasteiger partial charge in [-0.25, -0.2) is 12.8 Å². The van der Waals surface area contributed by atoms with Gasteiger partial charge in [-0.05, 0) is 50.2 Å². The molecule has 0 aliphatic rings. The van der Waals surface area contributed by atoms with Gasteiger partial charge >= 0.3 is 0 Å². The summed E-state index contributed by atoms with van der Waals surface area (Å²) in [6, 6.07) is 9.85. The summed E-state index contributed by atoms with van der Waals surface area (Å²) >= 11 is 0. The highest BCUT2D eigenvalue weighted by Crippen LogP contribution is 2.24. The molecule has 0 heterocycles. The summed E-state index contributed by atoms with van der Waals surface area (Å²) in [6.45, 7) is 3.76.